The molecule has 1 aliphatic heterocycles. The average molecular weight is 502 g/mol. The highest BCUT2D eigenvalue weighted by Crippen LogP contribution is 2.32. The Bertz CT molecular complexity index is 756. The summed E-state index contributed by atoms with van der Waals surface area (Å²) in [5, 5.41) is 8.28. The first-order valence-electron chi connectivity index (χ1n) is 9.30. The fourth-order valence-electron chi connectivity index (χ4n) is 3.55. The summed E-state index contributed by atoms with van der Waals surface area (Å²) in [4.78, 5) is 7.78. The average Bonchev–Trinajstić information content (AvgIpc) is 3.10. The Morgan fingerprint density at radius 3 is 2.78 bits per heavy atom. The van der Waals surface area contributed by atoms with Crippen LogP contribution in [0.3, 0.4) is 0 Å². The molecule has 7 heteroatoms. The lowest BCUT2D eigenvalue weighted by molar-refractivity contribution is 0.0783. The van der Waals surface area contributed by atoms with E-state index in [1.165, 1.54) is 22.0 Å². The molecule has 0 spiro atoms. The smallest absolute Gasteiger partial charge is 0.191 e. The van der Waals surface area contributed by atoms with Gasteiger partial charge in [-0.1, -0.05) is 18.2 Å². The van der Waals surface area contributed by atoms with Gasteiger partial charge in [0.1, 0.15) is 0 Å². The van der Waals surface area contributed by atoms with E-state index in [2.05, 4.69) is 58.2 Å². The van der Waals surface area contributed by atoms with E-state index in [9.17, 15) is 0 Å². The molecular formula is C20H31IN4OS. The normalized spacial score (nSPS) is 16.8. The van der Waals surface area contributed by atoms with Crippen LogP contribution in [0.5, 0.6) is 0 Å². The Balaban J connectivity index is 0.00000261. The Labute approximate surface area is 183 Å². The number of aromatic nitrogens is 1. The van der Waals surface area contributed by atoms with E-state index in [0.717, 1.165) is 51.5 Å². The molecule has 1 aromatic heterocycles. The van der Waals surface area contributed by atoms with Crippen LogP contribution in [0.2, 0.25) is 0 Å². The highest BCUT2D eigenvalue weighted by Gasteiger charge is 2.31. The van der Waals surface area contributed by atoms with Crippen LogP contribution in [0.15, 0.2) is 29.4 Å². The fourth-order valence-corrected chi connectivity index (χ4v) is 4.34. The van der Waals surface area contributed by atoms with Crippen LogP contribution in [0, 0.1) is 6.92 Å². The predicted molar refractivity (Wildman–Crippen MR) is 128 cm³/mol. The van der Waals surface area contributed by atoms with Crippen LogP contribution in [0.4, 0.5) is 0 Å². The summed E-state index contributed by atoms with van der Waals surface area (Å²) >= 11 is 1.94. The number of guanidine groups is 1. The number of aliphatic imine (C=N–C) groups is 1. The number of halogens is 1. The van der Waals surface area contributed by atoms with Gasteiger partial charge in [0.15, 0.2) is 5.96 Å². The number of hydrogen-bond acceptors (Lipinski definition) is 3. The third-order valence-corrected chi connectivity index (χ3v) is 6.75. The van der Waals surface area contributed by atoms with E-state index in [1.54, 1.807) is 0 Å². The molecule has 0 atom stereocenters. The van der Waals surface area contributed by atoms with Gasteiger partial charge in [-0.05, 0) is 43.6 Å². The van der Waals surface area contributed by atoms with Crippen molar-refractivity contribution in [2.75, 3.05) is 39.6 Å². The number of H-pyrrole nitrogens is 1. The summed E-state index contributed by atoms with van der Waals surface area (Å²) in [6.07, 6.45) is 7.47. The summed E-state index contributed by atoms with van der Waals surface area (Å²) in [5.41, 5.74) is 3.88. The molecule has 0 aliphatic carbocycles. The highest BCUT2D eigenvalue weighted by molar-refractivity contribution is 14.0. The fraction of sp³-hybridized carbons (Fsp3) is 0.550. The molecular weight excluding hydrogens is 471 g/mol. The minimum absolute atomic E-state index is 0. The van der Waals surface area contributed by atoms with Crippen molar-refractivity contribution in [3.05, 3.63) is 35.5 Å². The first-order valence-corrected chi connectivity index (χ1v) is 10.5. The second-order valence-electron chi connectivity index (χ2n) is 6.91. The van der Waals surface area contributed by atoms with Gasteiger partial charge < -0.3 is 20.4 Å². The minimum atomic E-state index is 0. The van der Waals surface area contributed by atoms with Gasteiger partial charge in [-0.25, -0.2) is 0 Å². The molecule has 0 amide bonds. The Morgan fingerprint density at radius 2 is 2.07 bits per heavy atom. The van der Waals surface area contributed by atoms with Crippen molar-refractivity contribution in [2.45, 2.75) is 30.9 Å². The van der Waals surface area contributed by atoms with E-state index in [0.29, 0.717) is 0 Å². The zero-order valence-electron chi connectivity index (χ0n) is 16.4. The molecule has 150 valence electrons. The Kier molecular flexibility index (Phi) is 8.75. The van der Waals surface area contributed by atoms with Crippen molar-refractivity contribution in [1.29, 1.82) is 0 Å². The molecule has 0 saturated carbocycles. The number of nitrogens with zero attached hydrogens (tertiary/aromatic N) is 1. The van der Waals surface area contributed by atoms with Gasteiger partial charge in [0, 0.05) is 55.2 Å². The van der Waals surface area contributed by atoms with E-state index >= 15 is 0 Å². The topological polar surface area (TPSA) is 61.4 Å². The van der Waals surface area contributed by atoms with Crippen molar-refractivity contribution < 1.29 is 4.74 Å². The monoisotopic (exact) mass is 502 g/mol. The lowest BCUT2D eigenvalue weighted by Crippen LogP contribution is -2.48. The third kappa shape index (κ3) is 5.54. The lowest BCUT2D eigenvalue weighted by atomic mass is 9.99. The predicted octanol–water partition coefficient (Wildman–Crippen LogP) is 3.71. The van der Waals surface area contributed by atoms with Crippen LogP contribution >= 0.6 is 35.7 Å². The van der Waals surface area contributed by atoms with Crippen LogP contribution in [0.25, 0.3) is 10.9 Å². The molecule has 3 rings (SSSR count). The summed E-state index contributed by atoms with van der Waals surface area (Å²) < 4.78 is 5.77. The number of fused-ring (bicyclic) bond motifs is 1. The van der Waals surface area contributed by atoms with Gasteiger partial charge in [-0.3, -0.25) is 4.99 Å². The molecule has 1 aromatic carbocycles. The quantitative estimate of drug-likeness (QED) is 0.320. The molecule has 27 heavy (non-hydrogen) atoms. The summed E-state index contributed by atoms with van der Waals surface area (Å²) in [7, 11) is 1.83. The SMILES string of the molecule is CN=C(NCCc1c[nH]c2c(C)cccc12)NCC1(SC)CCOCC1.I. The first-order chi connectivity index (χ1) is 12.7. The first kappa shape index (κ1) is 22.4. The highest BCUT2D eigenvalue weighted by atomic mass is 127. The summed E-state index contributed by atoms with van der Waals surface area (Å²) in [6.45, 7) is 5.63. The van der Waals surface area contributed by atoms with Crippen molar-refractivity contribution >= 4 is 52.6 Å². The number of rotatable bonds is 6. The number of nitrogens with one attached hydrogen (secondary N) is 3. The zero-order valence-corrected chi connectivity index (χ0v) is 19.6. The van der Waals surface area contributed by atoms with Gasteiger partial charge in [0.05, 0.1) is 0 Å². The standard InChI is InChI=1S/C20H30N4OS.HI/c1-15-5-4-6-17-16(13-23-18(15)17)7-10-22-19(21-2)24-14-20(26-3)8-11-25-12-9-20;/h4-6,13,23H,7-12,14H2,1-3H3,(H2,21,22,24);1H. The van der Waals surface area contributed by atoms with E-state index < -0.39 is 0 Å². The van der Waals surface area contributed by atoms with Gasteiger partial charge >= 0.3 is 0 Å². The molecule has 0 unspecified atom stereocenters. The van der Waals surface area contributed by atoms with Crippen molar-refractivity contribution in [1.82, 2.24) is 15.6 Å². The third-order valence-electron chi connectivity index (χ3n) is 5.33. The maximum absolute atomic E-state index is 5.52. The molecule has 1 fully saturated rings. The number of para-hydroxylation sites is 1. The lowest BCUT2D eigenvalue weighted by Gasteiger charge is -2.36. The van der Waals surface area contributed by atoms with Crippen LogP contribution in [-0.2, 0) is 11.2 Å². The number of hydrogen-bond donors (Lipinski definition) is 3. The second-order valence-corrected chi connectivity index (χ2v) is 8.19. The van der Waals surface area contributed by atoms with Crippen molar-refractivity contribution in [2.24, 2.45) is 4.99 Å². The maximum atomic E-state index is 5.52. The Morgan fingerprint density at radius 1 is 1.30 bits per heavy atom. The number of ether oxygens (including phenoxy) is 1. The van der Waals surface area contributed by atoms with Crippen molar-refractivity contribution in [3.63, 3.8) is 0 Å². The molecule has 0 radical (unpaired) electrons. The number of aryl methyl sites for hydroxylation is 1. The molecule has 1 aliphatic rings. The molecule has 5 nitrogen and oxygen atoms in total. The maximum Gasteiger partial charge on any atom is 0.191 e. The van der Waals surface area contributed by atoms with Crippen LogP contribution < -0.4 is 10.6 Å². The van der Waals surface area contributed by atoms with Gasteiger partial charge in [-0.15, -0.1) is 24.0 Å². The number of aromatic amines is 1. The van der Waals surface area contributed by atoms with Crippen molar-refractivity contribution in [3.8, 4) is 0 Å². The Hall–Kier alpha value is -0.930. The molecule has 2 heterocycles. The molecule has 3 N–H and O–H groups in total. The zero-order chi connectivity index (χ0) is 18.4. The number of thioether (sulfide) groups is 1. The molecule has 0 bridgehead atoms. The molecule has 2 aromatic rings. The van der Waals surface area contributed by atoms with Crippen LogP contribution in [-0.4, -0.2) is 55.3 Å². The van der Waals surface area contributed by atoms with Gasteiger partial charge in [0.25, 0.3) is 0 Å². The largest absolute Gasteiger partial charge is 0.381 e. The summed E-state index contributed by atoms with van der Waals surface area (Å²) in [5.74, 6) is 0.876. The molecule has 1 saturated heterocycles. The van der Waals surface area contributed by atoms with Crippen LogP contribution in [0.1, 0.15) is 24.0 Å². The second kappa shape index (κ2) is 10.6. The van der Waals surface area contributed by atoms with E-state index in [1.807, 2.05) is 18.8 Å². The van der Waals surface area contributed by atoms with Gasteiger partial charge in [-0.2, -0.15) is 11.8 Å². The van der Waals surface area contributed by atoms with E-state index in [4.69, 9.17) is 4.74 Å². The number of benzene rings is 1. The van der Waals surface area contributed by atoms with E-state index in [-0.39, 0.29) is 28.7 Å². The summed E-state index contributed by atoms with van der Waals surface area (Å²) in [6, 6.07) is 6.46. The minimum Gasteiger partial charge on any atom is -0.381 e. The van der Waals surface area contributed by atoms with Gasteiger partial charge in [0.2, 0.25) is 0 Å².